The lowest BCUT2D eigenvalue weighted by molar-refractivity contribution is -0.124. The lowest BCUT2D eigenvalue weighted by Crippen LogP contribution is -2.46. The van der Waals surface area contributed by atoms with Crippen LogP contribution in [0.1, 0.15) is 37.7 Å². The number of halogens is 1. The number of anilines is 2. The average Bonchev–Trinajstić information content (AvgIpc) is 3.03. The SMILES string of the molecule is O=C1CCCN1c1ccc(Cl)c(NC(=O)C2(c3ccccc3)CCC2)c1. The van der Waals surface area contributed by atoms with E-state index in [2.05, 4.69) is 5.32 Å². The molecule has 2 fully saturated rings. The highest BCUT2D eigenvalue weighted by Crippen LogP contribution is 2.45. The van der Waals surface area contributed by atoms with Gasteiger partial charge in [0.25, 0.3) is 0 Å². The van der Waals surface area contributed by atoms with Crippen LogP contribution in [0.4, 0.5) is 11.4 Å². The number of amides is 2. The summed E-state index contributed by atoms with van der Waals surface area (Å²) in [4.78, 5) is 26.9. The largest absolute Gasteiger partial charge is 0.324 e. The first-order valence-corrected chi connectivity index (χ1v) is 9.45. The molecule has 1 aliphatic carbocycles. The second-order valence-electron chi connectivity index (χ2n) is 7.07. The molecule has 26 heavy (non-hydrogen) atoms. The van der Waals surface area contributed by atoms with Crippen LogP contribution in [-0.4, -0.2) is 18.4 Å². The van der Waals surface area contributed by atoms with Gasteiger partial charge in [-0.1, -0.05) is 48.4 Å². The molecule has 1 N–H and O–H groups in total. The van der Waals surface area contributed by atoms with E-state index >= 15 is 0 Å². The second-order valence-corrected chi connectivity index (χ2v) is 7.48. The number of carbonyl (C=O) groups excluding carboxylic acids is 2. The number of nitrogens with zero attached hydrogens (tertiary/aromatic N) is 1. The quantitative estimate of drug-likeness (QED) is 0.862. The maximum absolute atomic E-state index is 13.1. The first-order valence-electron chi connectivity index (χ1n) is 9.07. The van der Waals surface area contributed by atoms with Crippen LogP contribution < -0.4 is 10.2 Å². The van der Waals surface area contributed by atoms with E-state index in [-0.39, 0.29) is 11.8 Å². The Morgan fingerprint density at radius 2 is 1.85 bits per heavy atom. The molecule has 2 aromatic carbocycles. The van der Waals surface area contributed by atoms with Crippen LogP contribution in [0.3, 0.4) is 0 Å². The highest BCUT2D eigenvalue weighted by Gasteiger charge is 2.45. The van der Waals surface area contributed by atoms with Crippen molar-refractivity contribution in [3.8, 4) is 0 Å². The molecule has 2 aromatic rings. The third-order valence-electron chi connectivity index (χ3n) is 5.55. The van der Waals surface area contributed by atoms with Crippen LogP contribution in [0.25, 0.3) is 0 Å². The minimum atomic E-state index is -0.482. The van der Waals surface area contributed by atoms with Crippen molar-refractivity contribution in [2.75, 3.05) is 16.8 Å². The van der Waals surface area contributed by atoms with Gasteiger partial charge in [-0.3, -0.25) is 9.59 Å². The smallest absolute Gasteiger partial charge is 0.235 e. The van der Waals surface area contributed by atoms with Crippen molar-refractivity contribution >= 4 is 34.8 Å². The zero-order valence-corrected chi connectivity index (χ0v) is 15.3. The summed E-state index contributed by atoms with van der Waals surface area (Å²) < 4.78 is 0. The van der Waals surface area contributed by atoms with Crippen LogP contribution in [-0.2, 0) is 15.0 Å². The number of benzene rings is 2. The van der Waals surface area contributed by atoms with Gasteiger partial charge in [-0.25, -0.2) is 0 Å². The third kappa shape index (κ3) is 2.88. The molecule has 0 bridgehead atoms. The van der Waals surface area contributed by atoms with E-state index in [1.807, 2.05) is 36.4 Å². The number of nitrogens with one attached hydrogen (secondary N) is 1. The van der Waals surface area contributed by atoms with Gasteiger partial charge in [-0.15, -0.1) is 0 Å². The van der Waals surface area contributed by atoms with E-state index < -0.39 is 5.41 Å². The predicted molar refractivity (Wildman–Crippen MR) is 104 cm³/mol. The van der Waals surface area contributed by atoms with Crippen molar-refractivity contribution < 1.29 is 9.59 Å². The van der Waals surface area contributed by atoms with Crippen LogP contribution in [0, 0.1) is 0 Å². The second kappa shape index (κ2) is 6.76. The van der Waals surface area contributed by atoms with E-state index in [1.165, 1.54) is 0 Å². The summed E-state index contributed by atoms with van der Waals surface area (Å²) in [6, 6.07) is 15.3. The molecule has 0 radical (unpaired) electrons. The van der Waals surface area contributed by atoms with Crippen LogP contribution in [0.2, 0.25) is 5.02 Å². The summed E-state index contributed by atoms with van der Waals surface area (Å²) in [5.74, 6) is 0.0890. The number of carbonyl (C=O) groups is 2. The lowest BCUT2D eigenvalue weighted by atomic mass is 9.64. The first-order chi connectivity index (χ1) is 12.6. The fourth-order valence-corrected chi connectivity index (χ4v) is 4.04. The van der Waals surface area contributed by atoms with Crippen molar-refractivity contribution in [1.29, 1.82) is 0 Å². The van der Waals surface area contributed by atoms with Crippen molar-refractivity contribution in [2.24, 2.45) is 0 Å². The topological polar surface area (TPSA) is 49.4 Å². The molecule has 0 unspecified atom stereocenters. The minimum Gasteiger partial charge on any atom is -0.324 e. The molecule has 1 saturated carbocycles. The van der Waals surface area contributed by atoms with Gasteiger partial charge < -0.3 is 10.2 Å². The van der Waals surface area contributed by atoms with Crippen LogP contribution in [0.5, 0.6) is 0 Å². The normalized spacial score (nSPS) is 18.5. The molecule has 1 aliphatic heterocycles. The Bertz CT molecular complexity index is 846. The Hall–Kier alpha value is -2.33. The molecule has 0 atom stereocenters. The van der Waals surface area contributed by atoms with E-state index in [9.17, 15) is 9.59 Å². The fraction of sp³-hybridized carbons (Fsp3) is 0.333. The van der Waals surface area contributed by atoms with Crippen molar-refractivity contribution in [3.05, 3.63) is 59.1 Å². The summed E-state index contributed by atoms with van der Waals surface area (Å²) in [5, 5.41) is 3.50. The molecule has 5 heteroatoms. The molecule has 2 amide bonds. The maximum Gasteiger partial charge on any atom is 0.235 e. The monoisotopic (exact) mass is 368 g/mol. The summed E-state index contributed by atoms with van der Waals surface area (Å²) in [5.41, 5.74) is 1.92. The van der Waals surface area contributed by atoms with Gasteiger partial charge in [-0.05, 0) is 43.0 Å². The van der Waals surface area contributed by atoms with Gasteiger partial charge in [0.15, 0.2) is 0 Å². The number of hydrogen-bond acceptors (Lipinski definition) is 2. The van der Waals surface area contributed by atoms with Crippen molar-refractivity contribution in [2.45, 2.75) is 37.5 Å². The number of hydrogen-bond donors (Lipinski definition) is 1. The molecule has 1 heterocycles. The van der Waals surface area contributed by atoms with Crippen LogP contribution in [0.15, 0.2) is 48.5 Å². The lowest BCUT2D eigenvalue weighted by Gasteiger charge is -2.40. The van der Waals surface area contributed by atoms with Gasteiger partial charge in [0.05, 0.1) is 16.1 Å². The summed E-state index contributed by atoms with van der Waals surface area (Å²) >= 11 is 6.32. The molecular formula is C21H21ClN2O2. The Balaban J connectivity index is 1.60. The molecule has 134 valence electrons. The van der Waals surface area contributed by atoms with Crippen LogP contribution >= 0.6 is 11.6 Å². The number of rotatable bonds is 4. The van der Waals surface area contributed by atoms with Gasteiger partial charge in [0.2, 0.25) is 11.8 Å². The van der Waals surface area contributed by atoms with Gasteiger partial charge >= 0.3 is 0 Å². The molecule has 1 saturated heterocycles. The highest BCUT2D eigenvalue weighted by molar-refractivity contribution is 6.34. The van der Waals surface area contributed by atoms with E-state index in [0.29, 0.717) is 23.7 Å². The Morgan fingerprint density at radius 3 is 2.46 bits per heavy atom. The van der Waals surface area contributed by atoms with Gasteiger partial charge in [0.1, 0.15) is 0 Å². The molecule has 2 aliphatic rings. The van der Waals surface area contributed by atoms with E-state index in [4.69, 9.17) is 11.6 Å². The Labute approximate surface area is 158 Å². The van der Waals surface area contributed by atoms with Gasteiger partial charge in [0, 0.05) is 18.7 Å². The molecule has 4 nitrogen and oxygen atoms in total. The first kappa shape index (κ1) is 17.1. The zero-order chi connectivity index (χ0) is 18.1. The zero-order valence-electron chi connectivity index (χ0n) is 14.5. The van der Waals surface area contributed by atoms with Crippen molar-refractivity contribution in [3.63, 3.8) is 0 Å². The Kier molecular flexibility index (Phi) is 4.45. The standard InChI is InChI=1S/C21H21ClN2O2/c22-17-10-9-16(24-13-4-8-19(24)25)14-18(17)23-20(26)21(11-5-12-21)15-6-2-1-3-7-15/h1-3,6-7,9-10,14H,4-5,8,11-13H2,(H,23,26). The summed E-state index contributed by atoms with van der Waals surface area (Å²) in [6.45, 7) is 0.710. The Morgan fingerprint density at radius 1 is 1.08 bits per heavy atom. The predicted octanol–water partition coefficient (Wildman–Crippen LogP) is 4.53. The maximum atomic E-state index is 13.1. The highest BCUT2D eigenvalue weighted by atomic mass is 35.5. The van der Waals surface area contributed by atoms with Gasteiger partial charge in [-0.2, -0.15) is 0 Å². The van der Waals surface area contributed by atoms with Crippen molar-refractivity contribution in [1.82, 2.24) is 0 Å². The molecule has 4 rings (SSSR count). The molecular weight excluding hydrogens is 348 g/mol. The molecule has 0 aromatic heterocycles. The van der Waals surface area contributed by atoms with E-state index in [1.54, 1.807) is 17.0 Å². The minimum absolute atomic E-state index is 0.0262. The third-order valence-corrected chi connectivity index (χ3v) is 5.88. The fourth-order valence-electron chi connectivity index (χ4n) is 3.87. The summed E-state index contributed by atoms with van der Waals surface area (Å²) in [6.07, 6.45) is 4.15. The van der Waals surface area contributed by atoms with E-state index in [0.717, 1.165) is 36.9 Å². The summed E-state index contributed by atoms with van der Waals surface area (Å²) in [7, 11) is 0. The average molecular weight is 369 g/mol. The molecule has 0 spiro atoms.